The van der Waals surface area contributed by atoms with Crippen LogP contribution in [0.25, 0.3) is 0 Å². The van der Waals surface area contributed by atoms with Crippen LogP contribution < -0.4 is 5.32 Å². The molecule has 1 aromatic carbocycles. The fourth-order valence-corrected chi connectivity index (χ4v) is 2.77. The van der Waals surface area contributed by atoms with E-state index in [2.05, 4.69) is 5.32 Å². The van der Waals surface area contributed by atoms with Gasteiger partial charge in [0.25, 0.3) is 0 Å². The molecule has 1 atom stereocenters. The molecule has 0 unspecified atom stereocenters. The van der Waals surface area contributed by atoms with E-state index in [0.717, 1.165) is 0 Å². The molecule has 1 N–H and O–H groups in total. The van der Waals surface area contributed by atoms with Crippen molar-refractivity contribution in [3.63, 3.8) is 0 Å². The lowest BCUT2D eigenvalue weighted by atomic mass is 10.0. The van der Waals surface area contributed by atoms with Crippen molar-refractivity contribution in [2.24, 2.45) is 0 Å². The smallest absolute Gasteiger partial charge is 0.327 e. The van der Waals surface area contributed by atoms with Gasteiger partial charge in [0, 0.05) is 31.6 Å². The number of halogens is 2. The number of methoxy groups -OCH3 is 1. The molecule has 0 bridgehead atoms. The lowest BCUT2D eigenvalue weighted by Gasteiger charge is -2.29. The predicted octanol–water partition coefficient (Wildman–Crippen LogP) is 2.03. The van der Waals surface area contributed by atoms with Crippen molar-refractivity contribution >= 4 is 35.1 Å². The van der Waals surface area contributed by atoms with Crippen molar-refractivity contribution in [2.75, 3.05) is 26.7 Å². The summed E-state index contributed by atoms with van der Waals surface area (Å²) in [6.07, 6.45) is 0.325. The topological polar surface area (TPSA) is 58.6 Å². The van der Waals surface area contributed by atoms with Crippen LogP contribution in [0.4, 0.5) is 0 Å². The lowest BCUT2D eigenvalue weighted by molar-refractivity contribution is -0.147. The number of rotatable bonds is 3. The Morgan fingerprint density at radius 2 is 2.14 bits per heavy atom. The Morgan fingerprint density at radius 3 is 2.86 bits per heavy atom. The molecule has 1 amide bonds. The van der Waals surface area contributed by atoms with Crippen molar-refractivity contribution in [3.8, 4) is 0 Å². The number of ether oxygens (including phenoxy) is 1. The van der Waals surface area contributed by atoms with Crippen LogP contribution in [0.3, 0.4) is 0 Å². The highest BCUT2D eigenvalue weighted by Gasteiger charge is 2.32. The van der Waals surface area contributed by atoms with Gasteiger partial charge in [0.15, 0.2) is 0 Å². The number of benzene rings is 1. The summed E-state index contributed by atoms with van der Waals surface area (Å²) in [5.41, 5.74) is 0.588. The van der Waals surface area contributed by atoms with E-state index in [1.807, 2.05) is 4.90 Å². The van der Waals surface area contributed by atoms with Crippen LogP contribution in [0.15, 0.2) is 18.2 Å². The van der Waals surface area contributed by atoms with Crippen molar-refractivity contribution in [3.05, 3.63) is 33.8 Å². The molecule has 1 saturated heterocycles. The summed E-state index contributed by atoms with van der Waals surface area (Å²) in [4.78, 5) is 25.5. The monoisotopic (exact) mass is 330 g/mol. The lowest BCUT2D eigenvalue weighted by Crippen LogP contribution is -2.37. The van der Waals surface area contributed by atoms with Gasteiger partial charge in [0.2, 0.25) is 5.91 Å². The SMILES string of the molecule is COC(=O)[C@H](c1cccc(Cl)c1Cl)N1CCNC(=O)CC1. The summed E-state index contributed by atoms with van der Waals surface area (Å²) in [7, 11) is 1.33. The van der Waals surface area contributed by atoms with Gasteiger partial charge < -0.3 is 10.1 Å². The van der Waals surface area contributed by atoms with E-state index >= 15 is 0 Å². The maximum Gasteiger partial charge on any atom is 0.327 e. The van der Waals surface area contributed by atoms with E-state index in [0.29, 0.717) is 41.7 Å². The molecular weight excluding hydrogens is 315 g/mol. The first-order valence-corrected chi connectivity index (χ1v) is 7.32. The number of hydrogen-bond donors (Lipinski definition) is 1. The van der Waals surface area contributed by atoms with Crippen LogP contribution in [0.2, 0.25) is 10.0 Å². The second-order valence-electron chi connectivity index (χ2n) is 4.70. The van der Waals surface area contributed by atoms with Gasteiger partial charge >= 0.3 is 5.97 Å². The van der Waals surface area contributed by atoms with Gasteiger partial charge in [-0.25, -0.2) is 4.79 Å². The van der Waals surface area contributed by atoms with E-state index in [-0.39, 0.29) is 5.91 Å². The number of amides is 1. The average molecular weight is 331 g/mol. The van der Waals surface area contributed by atoms with Crippen molar-refractivity contribution < 1.29 is 14.3 Å². The van der Waals surface area contributed by atoms with Gasteiger partial charge in [-0.1, -0.05) is 35.3 Å². The van der Waals surface area contributed by atoms with Crippen LogP contribution in [-0.2, 0) is 14.3 Å². The molecule has 0 aromatic heterocycles. The molecular formula is C14H16Cl2N2O3. The second-order valence-corrected chi connectivity index (χ2v) is 5.49. The molecule has 1 fully saturated rings. The van der Waals surface area contributed by atoms with Gasteiger partial charge in [-0.05, 0) is 6.07 Å². The first-order valence-electron chi connectivity index (χ1n) is 6.57. The summed E-state index contributed by atoms with van der Waals surface area (Å²) < 4.78 is 4.89. The minimum atomic E-state index is -0.672. The molecule has 1 aliphatic heterocycles. The number of nitrogens with one attached hydrogen (secondary N) is 1. The van der Waals surface area contributed by atoms with E-state index in [9.17, 15) is 9.59 Å². The number of nitrogens with zero attached hydrogens (tertiary/aromatic N) is 1. The molecule has 21 heavy (non-hydrogen) atoms. The first kappa shape index (κ1) is 16.1. The number of carbonyl (C=O) groups is 2. The van der Waals surface area contributed by atoms with Crippen LogP contribution >= 0.6 is 23.2 Å². The highest BCUT2D eigenvalue weighted by Crippen LogP contribution is 2.33. The molecule has 0 aliphatic carbocycles. The Morgan fingerprint density at radius 1 is 1.38 bits per heavy atom. The van der Waals surface area contributed by atoms with Crippen LogP contribution in [-0.4, -0.2) is 43.5 Å². The molecule has 0 spiro atoms. The van der Waals surface area contributed by atoms with Crippen molar-refractivity contribution in [1.29, 1.82) is 0 Å². The Bertz CT molecular complexity index is 551. The molecule has 0 saturated carbocycles. The Kier molecular flexibility index (Phi) is 5.45. The second kappa shape index (κ2) is 7.11. The maximum atomic E-state index is 12.2. The van der Waals surface area contributed by atoms with Gasteiger partial charge in [-0.3, -0.25) is 9.69 Å². The zero-order valence-electron chi connectivity index (χ0n) is 11.6. The molecule has 1 heterocycles. The summed E-state index contributed by atoms with van der Waals surface area (Å²) in [5.74, 6) is -0.452. The highest BCUT2D eigenvalue weighted by molar-refractivity contribution is 6.42. The first-order chi connectivity index (χ1) is 10.0. The summed E-state index contributed by atoms with van der Waals surface area (Å²) >= 11 is 12.3. The van der Waals surface area contributed by atoms with E-state index in [1.54, 1.807) is 18.2 Å². The maximum absolute atomic E-state index is 12.2. The molecule has 114 valence electrons. The third-order valence-corrected chi connectivity index (χ3v) is 4.25. The van der Waals surface area contributed by atoms with Crippen molar-refractivity contribution in [1.82, 2.24) is 10.2 Å². The quantitative estimate of drug-likeness (QED) is 0.861. The molecule has 5 nitrogen and oxygen atoms in total. The third-order valence-electron chi connectivity index (χ3n) is 3.41. The molecule has 2 rings (SSSR count). The summed E-state index contributed by atoms with van der Waals surface area (Å²) in [6.45, 7) is 1.47. The zero-order valence-corrected chi connectivity index (χ0v) is 13.1. The average Bonchev–Trinajstić information content (AvgIpc) is 2.68. The van der Waals surface area contributed by atoms with Crippen LogP contribution in [0, 0.1) is 0 Å². The largest absolute Gasteiger partial charge is 0.468 e. The van der Waals surface area contributed by atoms with Gasteiger partial charge in [0.1, 0.15) is 6.04 Å². The van der Waals surface area contributed by atoms with Gasteiger partial charge in [-0.2, -0.15) is 0 Å². The Balaban J connectivity index is 2.36. The minimum Gasteiger partial charge on any atom is -0.468 e. The van der Waals surface area contributed by atoms with E-state index < -0.39 is 12.0 Å². The minimum absolute atomic E-state index is 0.0293. The number of esters is 1. The molecule has 7 heteroatoms. The third kappa shape index (κ3) is 3.67. The van der Waals surface area contributed by atoms with E-state index in [4.69, 9.17) is 27.9 Å². The molecule has 0 radical (unpaired) electrons. The Hall–Kier alpha value is -1.30. The fraction of sp³-hybridized carbons (Fsp3) is 0.429. The Labute approximate surface area is 133 Å². The summed E-state index contributed by atoms with van der Waals surface area (Å²) in [6, 6.07) is 4.47. The molecule has 1 aliphatic rings. The van der Waals surface area contributed by atoms with Crippen LogP contribution in [0.5, 0.6) is 0 Å². The van der Waals surface area contributed by atoms with Gasteiger partial charge in [0.05, 0.1) is 17.2 Å². The fourth-order valence-electron chi connectivity index (χ4n) is 2.36. The number of carbonyl (C=O) groups excluding carboxylic acids is 2. The molecule has 1 aromatic rings. The predicted molar refractivity (Wildman–Crippen MR) is 80.4 cm³/mol. The van der Waals surface area contributed by atoms with Gasteiger partial charge in [-0.15, -0.1) is 0 Å². The zero-order chi connectivity index (χ0) is 15.4. The number of hydrogen-bond acceptors (Lipinski definition) is 4. The highest BCUT2D eigenvalue weighted by atomic mass is 35.5. The summed E-state index contributed by atoms with van der Waals surface area (Å²) in [5, 5.41) is 3.49. The van der Waals surface area contributed by atoms with Crippen molar-refractivity contribution in [2.45, 2.75) is 12.5 Å². The van der Waals surface area contributed by atoms with Crippen LogP contribution in [0.1, 0.15) is 18.0 Å². The normalized spacial score (nSPS) is 17.8. The standard InChI is InChI=1S/C14H16Cl2N2O3/c1-21-14(20)13(9-3-2-4-10(15)12(9)16)18-7-5-11(19)17-6-8-18/h2-4,13H,5-8H2,1H3,(H,17,19)/t13-/m0/s1. The van der Waals surface area contributed by atoms with E-state index in [1.165, 1.54) is 7.11 Å².